The number of benzene rings is 1. The van der Waals surface area contributed by atoms with Crippen LogP contribution in [0.4, 0.5) is 5.95 Å². The highest BCUT2D eigenvalue weighted by molar-refractivity contribution is 5.94. The Morgan fingerprint density at radius 3 is 3.10 bits per heavy atom. The van der Waals surface area contributed by atoms with Crippen LogP contribution in [0.2, 0.25) is 0 Å². The van der Waals surface area contributed by atoms with Crippen molar-refractivity contribution in [3.05, 3.63) is 35.4 Å². The predicted octanol–water partition coefficient (Wildman–Crippen LogP) is 1.87. The molecule has 0 aliphatic heterocycles. The number of carbonyl (C=O) groups is 1. The van der Waals surface area contributed by atoms with E-state index >= 15 is 0 Å². The molecule has 1 aliphatic carbocycles. The third kappa shape index (κ3) is 2.36. The lowest BCUT2D eigenvalue weighted by atomic mass is 9.82. The van der Waals surface area contributed by atoms with Crippen LogP contribution in [-0.2, 0) is 11.2 Å². The molecule has 1 heterocycles. The number of aromatic nitrogens is 3. The third-order valence-electron chi connectivity index (χ3n) is 3.57. The van der Waals surface area contributed by atoms with E-state index in [1.54, 1.807) is 0 Å². The maximum Gasteiger partial charge on any atom is 0.336 e. The molecule has 1 atom stereocenters. The summed E-state index contributed by atoms with van der Waals surface area (Å²) in [7, 11) is 1.48. The summed E-state index contributed by atoms with van der Waals surface area (Å²) in [6, 6.07) is 8.32. The van der Waals surface area contributed by atoms with Gasteiger partial charge in [0.1, 0.15) is 0 Å². The summed E-state index contributed by atoms with van der Waals surface area (Å²) >= 11 is 0. The second-order valence-corrected chi connectivity index (χ2v) is 4.80. The fourth-order valence-electron chi connectivity index (χ4n) is 2.62. The van der Waals surface area contributed by atoms with Gasteiger partial charge in [0, 0.05) is 0 Å². The Labute approximate surface area is 116 Å². The molecule has 20 heavy (non-hydrogen) atoms. The molecule has 2 N–H and O–H groups in total. The van der Waals surface area contributed by atoms with E-state index in [0.717, 1.165) is 24.8 Å². The zero-order valence-electron chi connectivity index (χ0n) is 11.2. The van der Waals surface area contributed by atoms with E-state index in [-0.39, 0.29) is 17.8 Å². The van der Waals surface area contributed by atoms with Crippen LogP contribution in [0.1, 0.15) is 29.9 Å². The second-order valence-electron chi connectivity index (χ2n) is 4.80. The van der Waals surface area contributed by atoms with Crippen molar-refractivity contribution in [3.8, 4) is 6.01 Å². The Kier molecular flexibility index (Phi) is 3.37. The van der Waals surface area contributed by atoms with Crippen molar-refractivity contribution < 1.29 is 9.53 Å². The molecule has 0 saturated carbocycles. The minimum absolute atomic E-state index is 0.0593. The highest BCUT2D eigenvalue weighted by Gasteiger charge is 2.26. The molecule has 0 radical (unpaired) electrons. The number of anilines is 1. The van der Waals surface area contributed by atoms with E-state index in [2.05, 4.69) is 26.6 Å². The number of methoxy groups -OCH3 is 1. The Morgan fingerprint density at radius 2 is 2.30 bits per heavy atom. The number of carbonyl (C=O) groups excluding carboxylic acids is 1. The van der Waals surface area contributed by atoms with Gasteiger partial charge in [-0.15, -0.1) is 5.10 Å². The molecule has 2 aromatic rings. The molecule has 1 unspecified atom stereocenters. The number of rotatable bonds is 3. The van der Waals surface area contributed by atoms with E-state index in [1.165, 1.54) is 12.7 Å². The predicted molar refractivity (Wildman–Crippen MR) is 73.7 cm³/mol. The van der Waals surface area contributed by atoms with E-state index < -0.39 is 0 Å². The van der Waals surface area contributed by atoms with Crippen LogP contribution in [0.3, 0.4) is 0 Å². The minimum atomic E-state index is -0.129. The molecule has 0 fully saturated rings. The molecule has 1 amide bonds. The summed E-state index contributed by atoms with van der Waals surface area (Å²) in [5, 5.41) is 9.20. The van der Waals surface area contributed by atoms with Crippen molar-refractivity contribution in [2.45, 2.75) is 25.2 Å². The Bertz CT molecular complexity index is 623. The van der Waals surface area contributed by atoms with E-state index in [4.69, 9.17) is 4.74 Å². The Balaban J connectivity index is 1.78. The van der Waals surface area contributed by atoms with Crippen LogP contribution in [0.15, 0.2) is 24.3 Å². The first-order valence-electron chi connectivity index (χ1n) is 6.63. The third-order valence-corrected chi connectivity index (χ3v) is 3.57. The Morgan fingerprint density at radius 1 is 1.45 bits per heavy atom. The number of ether oxygens (including phenoxy) is 1. The first-order valence-corrected chi connectivity index (χ1v) is 6.63. The lowest BCUT2D eigenvalue weighted by Gasteiger charge is -2.24. The smallest absolute Gasteiger partial charge is 0.336 e. The van der Waals surface area contributed by atoms with Crippen LogP contribution in [-0.4, -0.2) is 28.2 Å². The average molecular weight is 272 g/mol. The largest absolute Gasteiger partial charge is 0.466 e. The van der Waals surface area contributed by atoms with Crippen LogP contribution in [0, 0.1) is 0 Å². The number of H-pyrrole nitrogens is 1. The summed E-state index contributed by atoms with van der Waals surface area (Å²) in [4.78, 5) is 16.4. The lowest BCUT2D eigenvalue weighted by Crippen LogP contribution is -2.25. The van der Waals surface area contributed by atoms with Gasteiger partial charge in [-0.25, -0.2) is 5.10 Å². The number of hydrogen-bond acceptors (Lipinski definition) is 4. The van der Waals surface area contributed by atoms with Gasteiger partial charge in [0.2, 0.25) is 11.9 Å². The first kappa shape index (κ1) is 12.7. The average Bonchev–Trinajstić information content (AvgIpc) is 2.94. The molecule has 104 valence electrons. The SMILES string of the molecule is COc1n[nH]c(NC(=O)C2CCCc3ccccc32)n1. The number of amides is 1. The number of nitrogens with one attached hydrogen (secondary N) is 2. The van der Waals surface area contributed by atoms with Gasteiger partial charge >= 0.3 is 6.01 Å². The number of hydrogen-bond donors (Lipinski definition) is 2. The molecule has 1 aromatic heterocycles. The maximum atomic E-state index is 12.4. The highest BCUT2D eigenvalue weighted by atomic mass is 16.5. The Hall–Kier alpha value is -2.37. The van der Waals surface area contributed by atoms with Gasteiger partial charge in [-0.3, -0.25) is 10.1 Å². The van der Waals surface area contributed by atoms with Gasteiger partial charge < -0.3 is 4.74 Å². The molecule has 0 bridgehead atoms. The summed E-state index contributed by atoms with van der Waals surface area (Å²) in [6.07, 6.45) is 2.92. The van der Waals surface area contributed by atoms with E-state index in [1.807, 2.05) is 18.2 Å². The minimum Gasteiger partial charge on any atom is -0.466 e. The van der Waals surface area contributed by atoms with Gasteiger partial charge in [-0.2, -0.15) is 4.98 Å². The molecule has 3 rings (SSSR count). The number of aromatic amines is 1. The second kappa shape index (κ2) is 5.32. The summed E-state index contributed by atoms with van der Waals surface area (Å²) < 4.78 is 4.87. The van der Waals surface area contributed by atoms with E-state index in [0.29, 0.717) is 5.95 Å². The van der Waals surface area contributed by atoms with Crippen LogP contribution < -0.4 is 10.1 Å². The van der Waals surface area contributed by atoms with Crippen molar-refractivity contribution in [1.82, 2.24) is 15.2 Å². The zero-order chi connectivity index (χ0) is 13.9. The highest BCUT2D eigenvalue weighted by Crippen LogP contribution is 2.32. The molecule has 0 saturated heterocycles. The van der Waals surface area contributed by atoms with E-state index in [9.17, 15) is 4.79 Å². The van der Waals surface area contributed by atoms with Crippen molar-refractivity contribution in [2.75, 3.05) is 12.4 Å². The standard InChI is InChI=1S/C14H16N4O2/c1-20-14-16-13(17-18-14)15-12(19)11-8-4-6-9-5-2-3-7-10(9)11/h2-3,5,7,11H,4,6,8H2,1H3,(H2,15,16,17,18,19). The molecule has 6 heteroatoms. The molecule has 6 nitrogen and oxygen atoms in total. The topological polar surface area (TPSA) is 79.9 Å². The van der Waals surface area contributed by atoms with Crippen LogP contribution in [0.5, 0.6) is 6.01 Å². The molecule has 1 aromatic carbocycles. The van der Waals surface area contributed by atoms with Crippen molar-refractivity contribution in [1.29, 1.82) is 0 Å². The lowest BCUT2D eigenvalue weighted by molar-refractivity contribution is -0.117. The number of fused-ring (bicyclic) bond motifs is 1. The molecule has 0 spiro atoms. The van der Waals surface area contributed by atoms with Gasteiger partial charge in [-0.05, 0) is 30.4 Å². The number of nitrogens with zero attached hydrogens (tertiary/aromatic N) is 2. The van der Waals surface area contributed by atoms with Crippen molar-refractivity contribution in [2.24, 2.45) is 0 Å². The van der Waals surface area contributed by atoms with Crippen LogP contribution in [0.25, 0.3) is 0 Å². The normalized spacial score (nSPS) is 17.4. The molecule has 1 aliphatic rings. The summed E-state index contributed by atoms with van der Waals surface area (Å²) in [6.45, 7) is 0. The van der Waals surface area contributed by atoms with Crippen LogP contribution >= 0.6 is 0 Å². The number of aryl methyl sites for hydroxylation is 1. The summed E-state index contributed by atoms with van der Waals surface area (Å²) in [5.74, 6) is 0.127. The van der Waals surface area contributed by atoms with Gasteiger partial charge in [0.15, 0.2) is 0 Å². The fourth-order valence-corrected chi connectivity index (χ4v) is 2.62. The van der Waals surface area contributed by atoms with Crippen molar-refractivity contribution in [3.63, 3.8) is 0 Å². The quantitative estimate of drug-likeness (QED) is 0.894. The molecular formula is C14H16N4O2. The monoisotopic (exact) mass is 272 g/mol. The molecular weight excluding hydrogens is 256 g/mol. The maximum absolute atomic E-state index is 12.4. The summed E-state index contributed by atoms with van der Waals surface area (Å²) in [5.41, 5.74) is 2.37. The van der Waals surface area contributed by atoms with Gasteiger partial charge in [-0.1, -0.05) is 24.3 Å². The van der Waals surface area contributed by atoms with Gasteiger partial charge in [0.05, 0.1) is 13.0 Å². The first-order chi connectivity index (χ1) is 9.78. The van der Waals surface area contributed by atoms with Gasteiger partial charge in [0.25, 0.3) is 0 Å². The van der Waals surface area contributed by atoms with Crippen molar-refractivity contribution >= 4 is 11.9 Å². The fraction of sp³-hybridized carbons (Fsp3) is 0.357. The zero-order valence-corrected chi connectivity index (χ0v) is 11.2.